The Morgan fingerprint density at radius 1 is 1.40 bits per heavy atom. The van der Waals surface area contributed by atoms with Crippen molar-refractivity contribution in [1.82, 2.24) is 9.59 Å². The predicted octanol–water partition coefficient (Wildman–Crippen LogP) is 1.83. The molecule has 1 heterocycles. The van der Waals surface area contributed by atoms with E-state index in [1.165, 1.54) is 23.7 Å². The maximum absolute atomic E-state index is 12.5. The van der Waals surface area contributed by atoms with Crippen molar-refractivity contribution in [3.8, 4) is 0 Å². The van der Waals surface area contributed by atoms with Gasteiger partial charge in [0.1, 0.15) is 11.3 Å². The molecule has 0 fully saturated rings. The first-order chi connectivity index (χ1) is 4.86. The van der Waals surface area contributed by atoms with E-state index >= 15 is 0 Å². The molecule has 10 heavy (non-hydrogen) atoms. The highest BCUT2D eigenvalue weighted by atomic mass is 32.1. The summed E-state index contributed by atoms with van der Waals surface area (Å²) in [5.74, 6) is -0.237. The Balaban J connectivity index is 2.86. The van der Waals surface area contributed by atoms with Crippen LogP contribution in [0.5, 0.6) is 0 Å². The molecule has 2 aromatic rings. The Morgan fingerprint density at radius 2 is 2.30 bits per heavy atom. The maximum atomic E-state index is 12.5. The van der Waals surface area contributed by atoms with Gasteiger partial charge in [-0.1, -0.05) is 4.49 Å². The molecule has 0 aliphatic carbocycles. The molecule has 0 saturated heterocycles. The third kappa shape index (κ3) is 0.769. The van der Waals surface area contributed by atoms with Gasteiger partial charge in [0.15, 0.2) is 0 Å². The molecular weight excluding hydrogens is 151 g/mol. The first kappa shape index (κ1) is 5.73. The number of hydrogen-bond donors (Lipinski definition) is 0. The highest BCUT2D eigenvalue weighted by Crippen LogP contribution is 2.15. The average Bonchev–Trinajstić information content (AvgIpc) is 2.33. The normalized spacial score (nSPS) is 10.5. The van der Waals surface area contributed by atoms with E-state index < -0.39 is 0 Å². The summed E-state index contributed by atoms with van der Waals surface area (Å²) in [5, 5.41) is 3.76. The summed E-state index contributed by atoms with van der Waals surface area (Å²) < 4.78 is 16.9. The van der Waals surface area contributed by atoms with Gasteiger partial charge in [-0.2, -0.15) is 0 Å². The Labute approximate surface area is 60.5 Å². The summed E-state index contributed by atoms with van der Waals surface area (Å²) in [5.41, 5.74) is 0.756. The van der Waals surface area contributed by atoms with Gasteiger partial charge in [-0.05, 0) is 29.7 Å². The number of hydrogen-bond acceptors (Lipinski definition) is 3. The van der Waals surface area contributed by atoms with Crippen LogP contribution in [0.25, 0.3) is 10.2 Å². The van der Waals surface area contributed by atoms with Crippen LogP contribution in [-0.4, -0.2) is 9.59 Å². The molecule has 2 nitrogen and oxygen atoms in total. The number of rotatable bonds is 0. The fourth-order valence-corrected chi connectivity index (χ4v) is 1.34. The van der Waals surface area contributed by atoms with Gasteiger partial charge < -0.3 is 0 Å². The smallest absolute Gasteiger partial charge is 0.124 e. The molecule has 0 saturated carbocycles. The van der Waals surface area contributed by atoms with E-state index in [9.17, 15) is 4.39 Å². The molecule has 0 spiro atoms. The lowest BCUT2D eigenvalue weighted by molar-refractivity contribution is 0.630. The Kier molecular flexibility index (Phi) is 1.14. The molecule has 0 N–H and O–H groups in total. The second-order valence-electron chi connectivity index (χ2n) is 1.88. The summed E-state index contributed by atoms with van der Waals surface area (Å²) in [7, 11) is 0. The van der Waals surface area contributed by atoms with Crippen LogP contribution in [-0.2, 0) is 0 Å². The second-order valence-corrected chi connectivity index (χ2v) is 2.67. The van der Waals surface area contributed by atoms with Crippen LogP contribution in [0, 0.1) is 5.82 Å². The van der Waals surface area contributed by atoms with Gasteiger partial charge in [-0.25, -0.2) is 4.39 Å². The van der Waals surface area contributed by atoms with Crippen molar-refractivity contribution >= 4 is 21.7 Å². The van der Waals surface area contributed by atoms with Gasteiger partial charge in [0.2, 0.25) is 0 Å². The predicted molar refractivity (Wildman–Crippen MR) is 37.4 cm³/mol. The van der Waals surface area contributed by atoms with Crippen molar-refractivity contribution in [2.24, 2.45) is 0 Å². The van der Waals surface area contributed by atoms with Crippen LogP contribution in [0.2, 0.25) is 0 Å². The molecule has 1 aromatic heterocycles. The van der Waals surface area contributed by atoms with E-state index in [-0.39, 0.29) is 5.82 Å². The van der Waals surface area contributed by atoms with E-state index in [4.69, 9.17) is 0 Å². The monoisotopic (exact) mass is 154 g/mol. The minimum absolute atomic E-state index is 0.237. The van der Waals surface area contributed by atoms with Gasteiger partial charge in [-0.3, -0.25) is 0 Å². The molecule has 1 aromatic carbocycles. The number of fused-ring (bicyclic) bond motifs is 1. The molecule has 0 bridgehead atoms. The van der Waals surface area contributed by atoms with E-state index in [2.05, 4.69) is 9.59 Å². The third-order valence-electron chi connectivity index (χ3n) is 1.21. The van der Waals surface area contributed by atoms with Crippen LogP contribution in [0.1, 0.15) is 0 Å². The minimum Gasteiger partial charge on any atom is -0.207 e. The summed E-state index contributed by atoms with van der Waals surface area (Å²) in [4.78, 5) is 0. The van der Waals surface area contributed by atoms with Crippen molar-refractivity contribution in [2.75, 3.05) is 0 Å². The van der Waals surface area contributed by atoms with Crippen LogP contribution >= 0.6 is 11.5 Å². The quantitative estimate of drug-likeness (QED) is 0.578. The Bertz CT molecular complexity index is 357. The molecule has 50 valence electrons. The lowest BCUT2D eigenvalue weighted by Gasteiger charge is -1.83. The molecular formula is C6H3FN2S. The van der Waals surface area contributed by atoms with Crippen LogP contribution in [0.15, 0.2) is 18.2 Å². The van der Waals surface area contributed by atoms with Gasteiger partial charge in [0.25, 0.3) is 0 Å². The highest BCUT2D eigenvalue weighted by Gasteiger charge is 1.97. The molecule has 0 aliphatic heterocycles. The number of nitrogens with zero attached hydrogens (tertiary/aromatic N) is 2. The molecule has 0 atom stereocenters. The summed E-state index contributed by atoms with van der Waals surface area (Å²) >= 11 is 1.20. The van der Waals surface area contributed by atoms with Crippen molar-refractivity contribution in [3.05, 3.63) is 24.0 Å². The molecule has 0 amide bonds. The summed E-state index contributed by atoms with van der Waals surface area (Å²) in [6, 6.07) is 4.43. The number of halogens is 1. The Hall–Kier alpha value is -1.03. The number of benzene rings is 1. The topological polar surface area (TPSA) is 25.8 Å². The lowest BCUT2D eigenvalue weighted by Crippen LogP contribution is -1.70. The Morgan fingerprint density at radius 3 is 3.20 bits per heavy atom. The summed E-state index contributed by atoms with van der Waals surface area (Å²) in [6.45, 7) is 0. The SMILES string of the molecule is Fc1ccc2nnsc2c1. The fraction of sp³-hybridized carbons (Fsp3) is 0. The van der Waals surface area contributed by atoms with Crippen molar-refractivity contribution in [1.29, 1.82) is 0 Å². The second kappa shape index (κ2) is 1.98. The minimum atomic E-state index is -0.237. The molecule has 4 heteroatoms. The van der Waals surface area contributed by atoms with Crippen molar-refractivity contribution in [2.45, 2.75) is 0 Å². The van der Waals surface area contributed by atoms with Gasteiger partial charge in [0, 0.05) is 0 Å². The standard InChI is InChI=1S/C6H3FN2S/c7-4-1-2-5-6(3-4)10-9-8-5/h1-3H. The maximum Gasteiger partial charge on any atom is 0.124 e. The molecule has 0 aliphatic rings. The van der Waals surface area contributed by atoms with Crippen LogP contribution in [0.3, 0.4) is 0 Å². The average molecular weight is 154 g/mol. The van der Waals surface area contributed by atoms with Gasteiger partial charge in [0.05, 0.1) is 4.70 Å². The zero-order chi connectivity index (χ0) is 6.97. The van der Waals surface area contributed by atoms with E-state index in [1.807, 2.05) is 0 Å². The van der Waals surface area contributed by atoms with E-state index in [0.717, 1.165) is 10.2 Å². The lowest BCUT2D eigenvalue weighted by atomic mass is 10.3. The van der Waals surface area contributed by atoms with Crippen LogP contribution < -0.4 is 0 Å². The van der Waals surface area contributed by atoms with Crippen LogP contribution in [0.4, 0.5) is 4.39 Å². The largest absolute Gasteiger partial charge is 0.207 e. The summed E-state index contributed by atoms with van der Waals surface area (Å²) in [6.07, 6.45) is 0. The highest BCUT2D eigenvalue weighted by molar-refractivity contribution is 7.12. The zero-order valence-corrected chi connectivity index (χ0v) is 5.73. The molecule has 2 rings (SSSR count). The first-order valence-electron chi connectivity index (χ1n) is 2.74. The zero-order valence-electron chi connectivity index (χ0n) is 4.91. The fourth-order valence-electron chi connectivity index (χ4n) is 0.752. The van der Waals surface area contributed by atoms with E-state index in [1.54, 1.807) is 6.07 Å². The van der Waals surface area contributed by atoms with Crippen molar-refractivity contribution in [3.63, 3.8) is 0 Å². The van der Waals surface area contributed by atoms with Gasteiger partial charge in [-0.15, -0.1) is 5.10 Å². The van der Waals surface area contributed by atoms with Crippen molar-refractivity contribution < 1.29 is 4.39 Å². The molecule has 0 unspecified atom stereocenters. The first-order valence-corrected chi connectivity index (χ1v) is 3.51. The number of aromatic nitrogens is 2. The van der Waals surface area contributed by atoms with E-state index in [0.29, 0.717) is 0 Å². The molecule has 0 radical (unpaired) electrons. The third-order valence-corrected chi connectivity index (χ3v) is 1.90. The van der Waals surface area contributed by atoms with Gasteiger partial charge >= 0.3 is 0 Å².